The summed E-state index contributed by atoms with van der Waals surface area (Å²) in [5.74, 6) is 0.409. The number of carbonyl (C=O) groups is 1. The molecule has 0 radical (unpaired) electrons. The molecule has 0 amide bonds. The predicted octanol–water partition coefficient (Wildman–Crippen LogP) is 7.38. The van der Waals surface area contributed by atoms with Gasteiger partial charge in [0.05, 0.1) is 17.1 Å². The number of aromatic nitrogens is 3. The highest BCUT2D eigenvalue weighted by Crippen LogP contribution is 2.33. The maximum atomic E-state index is 13.1. The number of Topliss-reactive ketones (excluding diaryl/α,β-unsaturated/α-hetero) is 1. The first-order valence-electron chi connectivity index (χ1n) is 11.5. The van der Waals surface area contributed by atoms with Crippen LogP contribution in [0.3, 0.4) is 0 Å². The topological polar surface area (TPSA) is 61.5 Å². The van der Waals surface area contributed by atoms with E-state index in [2.05, 4.69) is 85.3 Å². The van der Waals surface area contributed by atoms with Gasteiger partial charge < -0.3 is 9.97 Å². The van der Waals surface area contributed by atoms with Gasteiger partial charge in [-0.1, -0.05) is 96.5 Å². The van der Waals surface area contributed by atoms with Crippen molar-refractivity contribution in [2.75, 3.05) is 5.75 Å². The van der Waals surface area contributed by atoms with E-state index >= 15 is 0 Å². The highest BCUT2D eigenvalue weighted by Gasteiger charge is 2.18. The fraction of sp³-hybridized carbons (Fsp3) is 0.172. The number of hydrogen-bond donors (Lipinski definition) is 2. The average molecular weight is 466 g/mol. The third kappa shape index (κ3) is 4.31. The smallest absolute Gasteiger partial charge is 0.175 e. The van der Waals surface area contributed by atoms with E-state index in [1.54, 1.807) is 0 Å². The number of aromatic amines is 2. The standard InChI is InChI=1S/C29H27N3OS/c1-4-20-6-5-7-23-24(16-30-26(20)23)25(33)17-34-29-31-27(21-12-8-18(2)9-13-21)28(32-29)22-14-10-19(3)11-15-22/h5-16,30H,4,17H2,1-3H3,(H,31,32). The summed E-state index contributed by atoms with van der Waals surface area (Å²) in [5, 5.41) is 1.73. The van der Waals surface area contributed by atoms with Gasteiger partial charge in [0.1, 0.15) is 0 Å². The number of ketones is 1. The van der Waals surface area contributed by atoms with Crippen LogP contribution in [0.25, 0.3) is 33.4 Å². The monoisotopic (exact) mass is 465 g/mol. The van der Waals surface area contributed by atoms with Gasteiger partial charge in [-0.2, -0.15) is 0 Å². The van der Waals surface area contributed by atoms with Crippen LogP contribution in [-0.4, -0.2) is 26.5 Å². The van der Waals surface area contributed by atoms with E-state index in [0.29, 0.717) is 5.75 Å². The summed E-state index contributed by atoms with van der Waals surface area (Å²) in [7, 11) is 0. The third-order valence-electron chi connectivity index (χ3n) is 6.17. The molecule has 0 aliphatic rings. The van der Waals surface area contributed by atoms with Crippen LogP contribution < -0.4 is 0 Å². The lowest BCUT2D eigenvalue weighted by molar-refractivity contribution is 0.102. The number of aryl methyl sites for hydroxylation is 3. The fourth-order valence-electron chi connectivity index (χ4n) is 4.22. The van der Waals surface area contributed by atoms with Crippen molar-refractivity contribution in [3.8, 4) is 22.5 Å². The maximum absolute atomic E-state index is 13.1. The van der Waals surface area contributed by atoms with Crippen LogP contribution in [0.4, 0.5) is 0 Å². The maximum Gasteiger partial charge on any atom is 0.175 e. The lowest BCUT2D eigenvalue weighted by Crippen LogP contribution is -2.01. The number of imidazole rings is 1. The third-order valence-corrected chi connectivity index (χ3v) is 7.04. The predicted molar refractivity (Wildman–Crippen MR) is 142 cm³/mol. The molecule has 0 saturated heterocycles. The Hall–Kier alpha value is -3.57. The van der Waals surface area contributed by atoms with Gasteiger partial charge in [-0.05, 0) is 25.8 Å². The summed E-state index contributed by atoms with van der Waals surface area (Å²) in [6.45, 7) is 6.29. The first kappa shape index (κ1) is 22.2. The van der Waals surface area contributed by atoms with Gasteiger partial charge >= 0.3 is 0 Å². The molecule has 2 aromatic heterocycles. The highest BCUT2D eigenvalue weighted by molar-refractivity contribution is 7.99. The molecule has 5 rings (SSSR count). The van der Waals surface area contributed by atoms with E-state index in [-0.39, 0.29) is 5.78 Å². The minimum absolute atomic E-state index is 0.0923. The van der Waals surface area contributed by atoms with Gasteiger partial charge in [-0.3, -0.25) is 4.79 Å². The van der Waals surface area contributed by atoms with E-state index in [0.717, 1.165) is 50.6 Å². The van der Waals surface area contributed by atoms with Crippen LogP contribution >= 0.6 is 11.8 Å². The number of rotatable bonds is 7. The zero-order chi connectivity index (χ0) is 23.7. The van der Waals surface area contributed by atoms with Crippen LogP contribution in [0.1, 0.15) is 34.0 Å². The number of fused-ring (bicyclic) bond motifs is 1. The van der Waals surface area contributed by atoms with Gasteiger partial charge in [-0.25, -0.2) is 4.98 Å². The molecule has 0 aliphatic carbocycles. The zero-order valence-corrected chi connectivity index (χ0v) is 20.4. The molecule has 3 aromatic carbocycles. The number of H-pyrrole nitrogens is 2. The number of benzene rings is 3. The first-order chi connectivity index (χ1) is 16.5. The second kappa shape index (κ2) is 9.35. The molecule has 0 bridgehead atoms. The van der Waals surface area contributed by atoms with Crippen LogP contribution in [0, 0.1) is 13.8 Å². The Balaban J connectivity index is 1.44. The molecule has 5 heteroatoms. The lowest BCUT2D eigenvalue weighted by Gasteiger charge is -2.04. The molecule has 170 valence electrons. The first-order valence-corrected chi connectivity index (χ1v) is 12.5. The summed E-state index contributed by atoms with van der Waals surface area (Å²) in [4.78, 5) is 24.8. The minimum Gasteiger partial charge on any atom is -0.360 e. The van der Waals surface area contributed by atoms with E-state index in [1.807, 2.05) is 18.3 Å². The Kier molecular flexibility index (Phi) is 6.12. The number of nitrogens with one attached hydrogen (secondary N) is 2. The van der Waals surface area contributed by atoms with E-state index < -0.39 is 0 Å². The molecule has 0 spiro atoms. The molecule has 0 fully saturated rings. The van der Waals surface area contributed by atoms with Crippen molar-refractivity contribution in [2.45, 2.75) is 32.3 Å². The fourth-order valence-corrected chi connectivity index (χ4v) is 4.98. The number of nitrogens with zero attached hydrogens (tertiary/aromatic N) is 1. The van der Waals surface area contributed by atoms with Crippen molar-refractivity contribution in [1.82, 2.24) is 15.0 Å². The second-order valence-corrected chi connectivity index (χ2v) is 9.57. The summed E-state index contributed by atoms with van der Waals surface area (Å²) < 4.78 is 0. The molecular formula is C29H27N3OS. The van der Waals surface area contributed by atoms with Gasteiger partial charge in [0.15, 0.2) is 10.9 Å². The lowest BCUT2D eigenvalue weighted by atomic mass is 10.0. The molecule has 2 heterocycles. The molecule has 0 atom stereocenters. The molecule has 5 aromatic rings. The van der Waals surface area contributed by atoms with Gasteiger partial charge in [-0.15, -0.1) is 0 Å². The Morgan fingerprint density at radius 2 is 1.59 bits per heavy atom. The SMILES string of the molecule is CCc1cccc2c(C(=O)CSc3nc(-c4ccc(C)cc4)c(-c4ccc(C)cc4)[nH]3)c[nH]c12. The quantitative estimate of drug-likeness (QED) is 0.195. The van der Waals surface area contributed by atoms with Gasteiger partial charge in [0, 0.05) is 33.8 Å². The molecule has 0 unspecified atom stereocenters. The van der Waals surface area contributed by atoms with Crippen LogP contribution in [-0.2, 0) is 6.42 Å². The van der Waals surface area contributed by atoms with Gasteiger partial charge in [0.2, 0.25) is 0 Å². The number of thioether (sulfide) groups is 1. The Morgan fingerprint density at radius 3 is 2.26 bits per heavy atom. The molecule has 0 aliphatic heterocycles. The molecular weight excluding hydrogens is 438 g/mol. The molecule has 0 saturated carbocycles. The Labute approximate surface area is 203 Å². The van der Waals surface area contributed by atoms with Crippen LogP contribution in [0.5, 0.6) is 0 Å². The van der Waals surface area contributed by atoms with E-state index in [1.165, 1.54) is 28.5 Å². The van der Waals surface area contributed by atoms with Gasteiger partial charge in [0.25, 0.3) is 0 Å². The minimum atomic E-state index is 0.0923. The van der Waals surface area contributed by atoms with Crippen molar-refractivity contribution in [2.24, 2.45) is 0 Å². The highest BCUT2D eigenvalue weighted by atomic mass is 32.2. The van der Waals surface area contributed by atoms with Crippen molar-refractivity contribution in [3.05, 3.63) is 95.2 Å². The van der Waals surface area contributed by atoms with Crippen molar-refractivity contribution >= 4 is 28.4 Å². The van der Waals surface area contributed by atoms with E-state index in [4.69, 9.17) is 4.98 Å². The second-order valence-electron chi connectivity index (χ2n) is 8.61. The number of hydrogen-bond acceptors (Lipinski definition) is 3. The molecule has 34 heavy (non-hydrogen) atoms. The van der Waals surface area contributed by atoms with Crippen molar-refractivity contribution < 1.29 is 4.79 Å². The largest absolute Gasteiger partial charge is 0.360 e. The Morgan fingerprint density at radius 1 is 0.912 bits per heavy atom. The zero-order valence-electron chi connectivity index (χ0n) is 19.6. The number of carbonyl (C=O) groups excluding carboxylic acids is 1. The van der Waals surface area contributed by atoms with Crippen LogP contribution in [0.2, 0.25) is 0 Å². The summed E-state index contributed by atoms with van der Waals surface area (Å²) in [6.07, 6.45) is 2.76. The van der Waals surface area contributed by atoms with Crippen molar-refractivity contribution in [1.29, 1.82) is 0 Å². The average Bonchev–Trinajstić information content (AvgIpc) is 3.48. The summed E-state index contributed by atoms with van der Waals surface area (Å²) >= 11 is 1.45. The summed E-state index contributed by atoms with van der Waals surface area (Å²) in [6, 6.07) is 23.0. The van der Waals surface area contributed by atoms with Crippen molar-refractivity contribution in [3.63, 3.8) is 0 Å². The summed E-state index contributed by atoms with van der Waals surface area (Å²) in [5.41, 5.74) is 9.45. The normalized spacial score (nSPS) is 11.3. The van der Waals surface area contributed by atoms with Crippen LogP contribution in [0.15, 0.2) is 78.1 Å². The van der Waals surface area contributed by atoms with E-state index in [9.17, 15) is 4.79 Å². The number of para-hydroxylation sites is 1. The molecule has 2 N–H and O–H groups in total. The molecule has 4 nitrogen and oxygen atoms in total. The Bertz CT molecular complexity index is 1400.